The van der Waals surface area contributed by atoms with Gasteiger partial charge in [0.2, 0.25) is 0 Å². The van der Waals surface area contributed by atoms with Crippen LogP contribution >= 0.6 is 0 Å². The maximum Gasteiger partial charge on any atom is 0.367 e. The summed E-state index contributed by atoms with van der Waals surface area (Å²) in [6.07, 6.45) is 1.68. The van der Waals surface area contributed by atoms with E-state index >= 15 is 0 Å². The van der Waals surface area contributed by atoms with Gasteiger partial charge in [0.1, 0.15) is 0 Å². The fraction of sp³-hybridized carbons (Fsp3) is 0.667. The minimum absolute atomic E-state index is 0.0218. The maximum atomic E-state index is 8.87. The smallest absolute Gasteiger partial charge is 0.367 e. The maximum absolute atomic E-state index is 8.87. The lowest BCUT2D eigenvalue weighted by Crippen LogP contribution is -2.43. The molecule has 0 heterocycles. The standard InChI is InChI=1S/C6H14O3Si/c1-4-5-10(6-7,8-2)9-3/h4,7H,1,5-6H2,2-3H3. The molecule has 1 N–H and O–H groups in total. The van der Waals surface area contributed by atoms with Crippen LogP contribution in [0.5, 0.6) is 0 Å². The Morgan fingerprint density at radius 3 is 2.10 bits per heavy atom. The zero-order valence-corrected chi connectivity index (χ0v) is 7.46. The SMILES string of the molecule is C=CC[Si](CO)(OC)OC. The molecule has 0 atom stereocenters. The zero-order chi connectivity index (χ0) is 8.04. The average Bonchev–Trinajstić information content (AvgIpc) is 2.01. The normalized spacial score (nSPS) is 11.5. The van der Waals surface area contributed by atoms with Crippen LogP contribution in [0.15, 0.2) is 12.7 Å². The van der Waals surface area contributed by atoms with Gasteiger partial charge in [0.05, 0.1) is 6.23 Å². The van der Waals surface area contributed by atoms with E-state index in [2.05, 4.69) is 6.58 Å². The molecule has 0 amide bonds. The first-order chi connectivity index (χ1) is 4.74. The van der Waals surface area contributed by atoms with Crippen molar-refractivity contribution in [2.75, 3.05) is 20.4 Å². The van der Waals surface area contributed by atoms with Crippen molar-refractivity contribution in [1.29, 1.82) is 0 Å². The van der Waals surface area contributed by atoms with E-state index in [1.54, 1.807) is 20.3 Å². The van der Waals surface area contributed by atoms with Gasteiger partial charge in [-0.2, -0.15) is 0 Å². The summed E-state index contributed by atoms with van der Waals surface area (Å²) in [5.74, 6) is 0. The molecule has 3 nitrogen and oxygen atoms in total. The Kier molecular flexibility index (Phi) is 4.55. The quantitative estimate of drug-likeness (QED) is 0.471. The third-order valence-corrected chi connectivity index (χ3v) is 4.32. The number of hydrogen-bond acceptors (Lipinski definition) is 3. The Morgan fingerprint density at radius 1 is 1.50 bits per heavy atom. The minimum Gasteiger partial charge on any atom is -0.396 e. The van der Waals surface area contributed by atoms with E-state index < -0.39 is 8.56 Å². The highest BCUT2D eigenvalue weighted by atomic mass is 28.4. The van der Waals surface area contributed by atoms with Gasteiger partial charge in [0.15, 0.2) is 0 Å². The van der Waals surface area contributed by atoms with E-state index in [-0.39, 0.29) is 6.23 Å². The molecule has 0 rings (SSSR count). The fourth-order valence-electron chi connectivity index (χ4n) is 0.664. The Morgan fingerprint density at radius 2 is 2.00 bits per heavy atom. The Hall–Kier alpha value is -0.163. The van der Waals surface area contributed by atoms with E-state index in [0.717, 1.165) is 0 Å². The van der Waals surface area contributed by atoms with Gasteiger partial charge in [0, 0.05) is 20.3 Å². The second-order valence-corrected chi connectivity index (χ2v) is 5.33. The first-order valence-corrected chi connectivity index (χ1v) is 5.30. The predicted molar refractivity (Wildman–Crippen MR) is 41.9 cm³/mol. The van der Waals surface area contributed by atoms with Crippen molar-refractivity contribution in [2.24, 2.45) is 0 Å². The van der Waals surface area contributed by atoms with E-state index in [1.807, 2.05) is 0 Å². The number of aliphatic hydroxyl groups excluding tert-OH is 1. The average molecular weight is 162 g/mol. The van der Waals surface area contributed by atoms with Gasteiger partial charge in [-0.05, 0) is 0 Å². The fourth-order valence-corrected chi connectivity index (χ4v) is 1.99. The lowest BCUT2D eigenvalue weighted by atomic mass is 10.8. The molecule has 60 valence electrons. The summed E-state index contributed by atoms with van der Waals surface area (Å²) in [5, 5.41) is 8.87. The summed E-state index contributed by atoms with van der Waals surface area (Å²) in [7, 11) is 0.822. The van der Waals surface area contributed by atoms with Gasteiger partial charge in [-0.25, -0.2) is 0 Å². The van der Waals surface area contributed by atoms with Gasteiger partial charge in [-0.1, -0.05) is 6.08 Å². The highest BCUT2D eigenvalue weighted by Gasteiger charge is 2.32. The number of hydrogen-bond donors (Lipinski definition) is 1. The molecule has 0 unspecified atom stereocenters. The van der Waals surface area contributed by atoms with Gasteiger partial charge < -0.3 is 14.0 Å². The monoisotopic (exact) mass is 162 g/mol. The second-order valence-electron chi connectivity index (χ2n) is 1.97. The number of aliphatic hydroxyl groups is 1. The first kappa shape index (κ1) is 9.84. The van der Waals surface area contributed by atoms with Crippen LogP contribution in [0.2, 0.25) is 6.04 Å². The summed E-state index contributed by atoms with van der Waals surface area (Å²) < 4.78 is 10.1. The predicted octanol–water partition coefficient (Wildman–Crippen LogP) is 0.439. The molecule has 0 saturated carbocycles. The van der Waals surface area contributed by atoms with E-state index in [0.29, 0.717) is 6.04 Å². The Balaban J connectivity index is 4.00. The number of allylic oxidation sites excluding steroid dienone is 1. The molecule has 4 heteroatoms. The summed E-state index contributed by atoms with van der Waals surface area (Å²) in [6, 6.07) is 0.622. The summed E-state index contributed by atoms with van der Waals surface area (Å²) >= 11 is 0. The highest BCUT2D eigenvalue weighted by Crippen LogP contribution is 2.10. The molecular formula is C6H14O3Si. The topological polar surface area (TPSA) is 38.7 Å². The van der Waals surface area contributed by atoms with Crippen molar-refractivity contribution in [1.82, 2.24) is 0 Å². The number of rotatable bonds is 5. The van der Waals surface area contributed by atoms with Gasteiger partial charge in [0.25, 0.3) is 0 Å². The molecule has 0 saturated heterocycles. The van der Waals surface area contributed by atoms with Crippen LogP contribution in [0, 0.1) is 0 Å². The van der Waals surface area contributed by atoms with E-state index in [9.17, 15) is 0 Å². The minimum atomic E-state index is -2.28. The largest absolute Gasteiger partial charge is 0.396 e. The van der Waals surface area contributed by atoms with Crippen molar-refractivity contribution in [3.63, 3.8) is 0 Å². The van der Waals surface area contributed by atoms with Crippen LogP contribution in [-0.4, -0.2) is 34.1 Å². The Bertz CT molecular complexity index is 92.9. The van der Waals surface area contributed by atoms with Crippen LogP contribution in [0.3, 0.4) is 0 Å². The Labute approximate surface area is 62.5 Å². The van der Waals surface area contributed by atoms with Crippen LogP contribution in [0.4, 0.5) is 0 Å². The van der Waals surface area contributed by atoms with Crippen molar-refractivity contribution >= 4 is 8.56 Å². The van der Waals surface area contributed by atoms with Crippen LogP contribution in [0.25, 0.3) is 0 Å². The van der Waals surface area contributed by atoms with Gasteiger partial charge >= 0.3 is 8.56 Å². The lowest BCUT2D eigenvalue weighted by molar-refractivity contribution is 0.200. The van der Waals surface area contributed by atoms with Crippen molar-refractivity contribution in [2.45, 2.75) is 6.04 Å². The molecule has 10 heavy (non-hydrogen) atoms. The molecule has 0 aliphatic carbocycles. The van der Waals surface area contributed by atoms with Gasteiger partial charge in [-0.3, -0.25) is 0 Å². The second kappa shape index (κ2) is 4.62. The van der Waals surface area contributed by atoms with Gasteiger partial charge in [-0.15, -0.1) is 6.58 Å². The molecule has 0 spiro atoms. The zero-order valence-electron chi connectivity index (χ0n) is 6.46. The first-order valence-electron chi connectivity index (χ1n) is 3.06. The van der Waals surface area contributed by atoms with Crippen LogP contribution in [-0.2, 0) is 8.85 Å². The molecule has 0 radical (unpaired) electrons. The van der Waals surface area contributed by atoms with E-state index in [1.165, 1.54) is 0 Å². The molecule has 0 aliphatic heterocycles. The molecule has 0 aromatic heterocycles. The van der Waals surface area contributed by atoms with Crippen LogP contribution < -0.4 is 0 Å². The summed E-state index contributed by atoms with van der Waals surface area (Å²) in [6.45, 7) is 3.55. The summed E-state index contributed by atoms with van der Waals surface area (Å²) in [4.78, 5) is 0. The van der Waals surface area contributed by atoms with Crippen molar-refractivity contribution in [3.8, 4) is 0 Å². The summed E-state index contributed by atoms with van der Waals surface area (Å²) in [5.41, 5.74) is 0. The van der Waals surface area contributed by atoms with Crippen molar-refractivity contribution in [3.05, 3.63) is 12.7 Å². The molecule has 0 aromatic carbocycles. The highest BCUT2D eigenvalue weighted by molar-refractivity contribution is 6.67. The van der Waals surface area contributed by atoms with E-state index in [4.69, 9.17) is 14.0 Å². The lowest BCUT2D eigenvalue weighted by Gasteiger charge is -2.22. The van der Waals surface area contributed by atoms with Crippen LogP contribution in [0.1, 0.15) is 0 Å². The molecular weight excluding hydrogens is 148 g/mol. The van der Waals surface area contributed by atoms with Crippen molar-refractivity contribution < 1.29 is 14.0 Å². The molecule has 0 fully saturated rings. The molecule has 0 bridgehead atoms. The third-order valence-electron chi connectivity index (χ3n) is 1.44. The third kappa shape index (κ3) is 2.22. The molecule has 0 aromatic rings. The molecule has 0 aliphatic rings.